The standard InChI is InChI=1S/C14H27IO/c1-11(2)8-13(4)16-14(10-15)7-5-6-12(3)9-14/h11-13H,5-10H2,1-4H3. The molecule has 1 aliphatic rings. The minimum absolute atomic E-state index is 0.187. The maximum absolute atomic E-state index is 6.40. The van der Waals surface area contributed by atoms with Gasteiger partial charge in [-0.15, -0.1) is 0 Å². The number of alkyl halides is 1. The van der Waals surface area contributed by atoms with Crippen molar-refractivity contribution in [2.24, 2.45) is 11.8 Å². The third-order valence-electron chi connectivity index (χ3n) is 3.55. The quantitative estimate of drug-likeness (QED) is 0.516. The highest BCUT2D eigenvalue weighted by atomic mass is 127. The lowest BCUT2D eigenvalue weighted by Gasteiger charge is -2.41. The minimum atomic E-state index is 0.187. The number of rotatable bonds is 5. The van der Waals surface area contributed by atoms with Crippen LogP contribution in [0.2, 0.25) is 0 Å². The Balaban J connectivity index is 2.52. The molecule has 1 rings (SSSR count). The molecule has 3 atom stereocenters. The molecule has 3 unspecified atom stereocenters. The molecule has 0 N–H and O–H groups in total. The lowest BCUT2D eigenvalue weighted by molar-refractivity contribution is -0.104. The first kappa shape index (κ1) is 14.7. The summed E-state index contributed by atoms with van der Waals surface area (Å²) in [6, 6.07) is 0. The van der Waals surface area contributed by atoms with Gasteiger partial charge in [0.2, 0.25) is 0 Å². The highest BCUT2D eigenvalue weighted by Gasteiger charge is 2.36. The minimum Gasteiger partial charge on any atom is -0.371 e. The predicted molar refractivity (Wildman–Crippen MR) is 79.3 cm³/mol. The van der Waals surface area contributed by atoms with Gasteiger partial charge in [0, 0.05) is 4.43 Å². The van der Waals surface area contributed by atoms with Gasteiger partial charge in [0.15, 0.2) is 0 Å². The zero-order valence-corrected chi connectivity index (χ0v) is 13.4. The maximum Gasteiger partial charge on any atom is 0.0777 e. The van der Waals surface area contributed by atoms with Crippen LogP contribution in [-0.4, -0.2) is 16.1 Å². The second-order valence-electron chi connectivity index (χ2n) is 6.08. The van der Waals surface area contributed by atoms with E-state index in [0.29, 0.717) is 6.10 Å². The fourth-order valence-corrected chi connectivity index (χ4v) is 3.88. The summed E-state index contributed by atoms with van der Waals surface area (Å²) in [5, 5.41) is 0. The Bertz CT molecular complexity index is 205. The topological polar surface area (TPSA) is 9.23 Å². The van der Waals surface area contributed by atoms with E-state index < -0.39 is 0 Å². The van der Waals surface area contributed by atoms with Crippen LogP contribution in [0.25, 0.3) is 0 Å². The van der Waals surface area contributed by atoms with E-state index in [1.807, 2.05) is 0 Å². The summed E-state index contributed by atoms with van der Waals surface area (Å²) in [6.07, 6.45) is 6.87. The molecule has 1 nitrogen and oxygen atoms in total. The van der Waals surface area contributed by atoms with Gasteiger partial charge in [-0.3, -0.25) is 0 Å². The smallest absolute Gasteiger partial charge is 0.0777 e. The number of ether oxygens (including phenoxy) is 1. The van der Waals surface area contributed by atoms with Crippen molar-refractivity contribution in [3.63, 3.8) is 0 Å². The van der Waals surface area contributed by atoms with Gasteiger partial charge < -0.3 is 4.74 Å². The molecule has 0 aromatic heterocycles. The molecule has 0 aliphatic heterocycles. The predicted octanol–water partition coefficient (Wildman–Crippen LogP) is 4.82. The van der Waals surface area contributed by atoms with Crippen molar-refractivity contribution in [2.75, 3.05) is 4.43 Å². The van der Waals surface area contributed by atoms with E-state index in [0.717, 1.165) is 16.3 Å². The van der Waals surface area contributed by atoms with Crippen molar-refractivity contribution in [2.45, 2.75) is 71.5 Å². The zero-order chi connectivity index (χ0) is 12.2. The van der Waals surface area contributed by atoms with Gasteiger partial charge in [-0.2, -0.15) is 0 Å². The van der Waals surface area contributed by atoms with Crippen LogP contribution < -0.4 is 0 Å². The first-order valence-electron chi connectivity index (χ1n) is 6.71. The van der Waals surface area contributed by atoms with Crippen LogP contribution in [0.1, 0.15) is 59.8 Å². The Labute approximate surface area is 115 Å². The molecular weight excluding hydrogens is 311 g/mol. The largest absolute Gasteiger partial charge is 0.371 e. The van der Waals surface area contributed by atoms with Crippen LogP contribution in [0.3, 0.4) is 0 Å². The molecule has 1 fully saturated rings. The lowest BCUT2D eigenvalue weighted by Crippen LogP contribution is -2.42. The van der Waals surface area contributed by atoms with Gasteiger partial charge in [-0.25, -0.2) is 0 Å². The molecule has 0 bridgehead atoms. The number of hydrogen-bond acceptors (Lipinski definition) is 1. The lowest BCUT2D eigenvalue weighted by atomic mass is 9.80. The molecule has 1 saturated carbocycles. The van der Waals surface area contributed by atoms with Crippen LogP contribution in [0.15, 0.2) is 0 Å². The van der Waals surface area contributed by atoms with Crippen LogP contribution in [0.5, 0.6) is 0 Å². The van der Waals surface area contributed by atoms with Crippen LogP contribution in [0.4, 0.5) is 0 Å². The Kier molecular flexibility index (Phi) is 6.06. The van der Waals surface area contributed by atoms with E-state index in [-0.39, 0.29) is 5.60 Å². The molecule has 16 heavy (non-hydrogen) atoms. The molecule has 0 heterocycles. The summed E-state index contributed by atoms with van der Waals surface area (Å²) in [5.74, 6) is 1.58. The van der Waals surface area contributed by atoms with Crippen molar-refractivity contribution in [1.82, 2.24) is 0 Å². The fourth-order valence-electron chi connectivity index (χ4n) is 3.01. The first-order valence-corrected chi connectivity index (χ1v) is 8.24. The summed E-state index contributed by atoms with van der Waals surface area (Å²) in [7, 11) is 0. The van der Waals surface area contributed by atoms with Gasteiger partial charge >= 0.3 is 0 Å². The second-order valence-corrected chi connectivity index (χ2v) is 6.84. The van der Waals surface area contributed by atoms with Crippen molar-refractivity contribution >= 4 is 22.6 Å². The summed E-state index contributed by atoms with van der Waals surface area (Å²) < 4.78 is 7.55. The average molecular weight is 338 g/mol. The van der Waals surface area contributed by atoms with Crippen molar-refractivity contribution < 1.29 is 4.74 Å². The second kappa shape index (κ2) is 6.58. The highest BCUT2D eigenvalue weighted by Crippen LogP contribution is 2.38. The van der Waals surface area contributed by atoms with E-state index >= 15 is 0 Å². The Hall–Kier alpha value is 0.690. The molecular formula is C14H27IO. The average Bonchev–Trinajstić information content (AvgIpc) is 2.16. The first-order chi connectivity index (χ1) is 7.47. The van der Waals surface area contributed by atoms with Gasteiger partial charge in [-0.1, -0.05) is 56.2 Å². The molecule has 0 saturated heterocycles. The summed E-state index contributed by atoms with van der Waals surface area (Å²) in [5.41, 5.74) is 0.187. The number of hydrogen-bond donors (Lipinski definition) is 0. The molecule has 1 aliphatic carbocycles. The third-order valence-corrected chi connectivity index (χ3v) is 4.94. The van der Waals surface area contributed by atoms with Gasteiger partial charge in [0.25, 0.3) is 0 Å². The van der Waals surface area contributed by atoms with Gasteiger partial charge in [0.05, 0.1) is 11.7 Å². The molecule has 0 amide bonds. The molecule has 0 spiro atoms. The van der Waals surface area contributed by atoms with Crippen LogP contribution in [-0.2, 0) is 4.74 Å². The van der Waals surface area contributed by atoms with Gasteiger partial charge in [-0.05, 0) is 38.0 Å². The van der Waals surface area contributed by atoms with E-state index in [1.54, 1.807) is 0 Å². The highest BCUT2D eigenvalue weighted by molar-refractivity contribution is 14.1. The van der Waals surface area contributed by atoms with Crippen molar-refractivity contribution in [1.29, 1.82) is 0 Å². The molecule has 2 heteroatoms. The Morgan fingerprint density at radius 3 is 2.56 bits per heavy atom. The number of halogens is 1. The van der Waals surface area contributed by atoms with Crippen molar-refractivity contribution in [3.8, 4) is 0 Å². The molecule has 0 aromatic carbocycles. The Morgan fingerprint density at radius 1 is 1.38 bits per heavy atom. The normalized spacial score (nSPS) is 33.0. The zero-order valence-electron chi connectivity index (χ0n) is 11.3. The van der Waals surface area contributed by atoms with Crippen LogP contribution in [0, 0.1) is 11.8 Å². The van der Waals surface area contributed by atoms with E-state index in [1.165, 1.54) is 32.1 Å². The van der Waals surface area contributed by atoms with Crippen LogP contribution >= 0.6 is 22.6 Å². The van der Waals surface area contributed by atoms with Gasteiger partial charge in [0.1, 0.15) is 0 Å². The molecule has 96 valence electrons. The SMILES string of the molecule is CC(C)CC(C)OC1(CI)CCCC(C)C1. The fraction of sp³-hybridized carbons (Fsp3) is 1.00. The summed E-state index contributed by atoms with van der Waals surface area (Å²) in [4.78, 5) is 0. The van der Waals surface area contributed by atoms with Crippen molar-refractivity contribution in [3.05, 3.63) is 0 Å². The maximum atomic E-state index is 6.40. The van der Waals surface area contributed by atoms with E-state index in [2.05, 4.69) is 50.3 Å². The summed E-state index contributed by atoms with van der Waals surface area (Å²) in [6.45, 7) is 9.17. The van der Waals surface area contributed by atoms with E-state index in [9.17, 15) is 0 Å². The summed E-state index contributed by atoms with van der Waals surface area (Å²) >= 11 is 2.51. The molecule has 0 radical (unpaired) electrons. The molecule has 0 aromatic rings. The Morgan fingerprint density at radius 2 is 2.06 bits per heavy atom. The monoisotopic (exact) mass is 338 g/mol. The third kappa shape index (κ3) is 4.52. The van der Waals surface area contributed by atoms with E-state index in [4.69, 9.17) is 4.74 Å².